The number of benzene rings is 1. The predicted molar refractivity (Wildman–Crippen MR) is 68.3 cm³/mol. The smallest absolute Gasteiger partial charge is 0.136 e. The molecule has 0 fully saturated rings. The van der Waals surface area contributed by atoms with Gasteiger partial charge >= 0.3 is 0 Å². The summed E-state index contributed by atoms with van der Waals surface area (Å²) in [6.45, 7) is 1.06. The predicted octanol–water partition coefficient (Wildman–Crippen LogP) is 3.65. The first-order chi connectivity index (χ1) is 7.86. The topological polar surface area (TPSA) is 17.8 Å². The molecule has 0 saturated heterocycles. The Morgan fingerprint density at radius 2 is 1.94 bits per heavy atom. The standard InChI is InChI=1S/C13H13BrN2/c14-13-12(10-6-2-1-3-7-10)11-8-4-5-9-16(11)15-13/h1-3,6-7H,4-5,8-9H2. The summed E-state index contributed by atoms with van der Waals surface area (Å²) in [6.07, 6.45) is 3.66. The van der Waals surface area contributed by atoms with E-state index < -0.39 is 0 Å². The van der Waals surface area contributed by atoms with Crippen molar-refractivity contribution in [2.24, 2.45) is 0 Å². The van der Waals surface area contributed by atoms with Gasteiger partial charge in [-0.15, -0.1) is 0 Å². The zero-order valence-electron chi connectivity index (χ0n) is 8.99. The zero-order chi connectivity index (χ0) is 11.0. The van der Waals surface area contributed by atoms with Crippen LogP contribution in [-0.4, -0.2) is 9.78 Å². The van der Waals surface area contributed by atoms with E-state index in [0.29, 0.717) is 0 Å². The van der Waals surface area contributed by atoms with Crippen molar-refractivity contribution in [3.8, 4) is 11.1 Å². The molecule has 0 saturated carbocycles. The van der Waals surface area contributed by atoms with Gasteiger partial charge in [-0.05, 0) is 40.8 Å². The van der Waals surface area contributed by atoms with Gasteiger partial charge in [0.25, 0.3) is 0 Å². The average Bonchev–Trinajstić information content (AvgIpc) is 2.66. The highest BCUT2D eigenvalue weighted by molar-refractivity contribution is 9.10. The van der Waals surface area contributed by atoms with Crippen LogP contribution in [0.2, 0.25) is 0 Å². The number of halogens is 1. The number of aryl methyl sites for hydroxylation is 1. The Kier molecular flexibility index (Phi) is 2.56. The van der Waals surface area contributed by atoms with Crippen LogP contribution in [0.5, 0.6) is 0 Å². The Labute approximate surface area is 103 Å². The van der Waals surface area contributed by atoms with Gasteiger partial charge in [0.15, 0.2) is 0 Å². The highest BCUT2D eigenvalue weighted by atomic mass is 79.9. The van der Waals surface area contributed by atoms with E-state index in [1.54, 1.807) is 0 Å². The molecule has 0 bridgehead atoms. The van der Waals surface area contributed by atoms with Gasteiger partial charge in [0.2, 0.25) is 0 Å². The maximum absolute atomic E-state index is 4.56. The quantitative estimate of drug-likeness (QED) is 0.778. The van der Waals surface area contributed by atoms with Crippen LogP contribution in [-0.2, 0) is 13.0 Å². The fraction of sp³-hybridized carbons (Fsp3) is 0.308. The molecule has 0 aliphatic carbocycles. The molecule has 1 aromatic carbocycles. The number of hydrogen-bond acceptors (Lipinski definition) is 1. The molecule has 0 radical (unpaired) electrons. The minimum absolute atomic E-state index is 0.982. The summed E-state index contributed by atoms with van der Waals surface area (Å²) >= 11 is 3.58. The Morgan fingerprint density at radius 1 is 1.12 bits per heavy atom. The van der Waals surface area contributed by atoms with Crippen molar-refractivity contribution < 1.29 is 0 Å². The minimum atomic E-state index is 0.982. The fourth-order valence-electron chi connectivity index (χ4n) is 2.35. The van der Waals surface area contributed by atoms with Crippen LogP contribution < -0.4 is 0 Å². The van der Waals surface area contributed by atoms with E-state index in [1.807, 2.05) is 6.07 Å². The first kappa shape index (κ1) is 10.1. The van der Waals surface area contributed by atoms with Gasteiger partial charge in [0.05, 0.1) is 0 Å². The lowest BCUT2D eigenvalue weighted by molar-refractivity contribution is 0.485. The van der Waals surface area contributed by atoms with E-state index in [1.165, 1.54) is 29.7 Å². The second-order valence-corrected chi connectivity index (χ2v) is 4.91. The Morgan fingerprint density at radius 3 is 2.75 bits per heavy atom. The molecule has 3 heteroatoms. The number of rotatable bonds is 1. The average molecular weight is 277 g/mol. The van der Waals surface area contributed by atoms with E-state index in [9.17, 15) is 0 Å². The molecule has 0 N–H and O–H groups in total. The normalized spacial score (nSPS) is 14.8. The Balaban J connectivity index is 2.17. The van der Waals surface area contributed by atoms with E-state index in [-0.39, 0.29) is 0 Å². The van der Waals surface area contributed by atoms with Gasteiger partial charge in [-0.2, -0.15) is 5.10 Å². The zero-order valence-corrected chi connectivity index (χ0v) is 10.6. The van der Waals surface area contributed by atoms with Gasteiger partial charge in [-0.25, -0.2) is 0 Å². The molecule has 1 aromatic heterocycles. The van der Waals surface area contributed by atoms with Gasteiger partial charge in [0.1, 0.15) is 4.60 Å². The van der Waals surface area contributed by atoms with Crippen molar-refractivity contribution in [1.29, 1.82) is 0 Å². The summed E-state index contributed by atoms with van der Waals surface area (Å²) in [5, 5.41) is 4.56. The van der Waals surface area contributed by atoms with E-state index in [2.05, 4.69) is 50.0 Å². The summed E-state index contributed by atoms with van der Waals surface area (Å²) < 4.78 is 3.13. The lowest BCUT2D eigenvalue weighted by atomic mass is 10.0. The van der Waals surface area contributed by atoms with Crippen LogP contribution in [0.4, 0.5) is 0 Å². The van der Waals surface area contributed by atoms with Gasteiger partial charge < -0.3 is 0 Å². The monoisotopic (exact) mass is 276 g/mol. The fourth-order valence-corrected chi connectivity index (χ4v) is 3.00. The third-order valence-corrected chi connectivity index (χ3v) is 3.67. The molecule has 0 spiro atoms. The first-order valence-electron chi connectivity index (χ1n) is 5.67. The van der Waals surface area contributed by atoms with Crippen molar-refractivity contribution in [2.45, 2.75) is 25.8 Å². The molecule has 1 aliphatic rings. The molecule has 2 aromatic rings. The number of fused-ring (bicyclic) bond motifs is 1. The minimum Gasteiger partial charge on any atom is -0.268 e. The molecule has 82 valence electrons. The van der Waals surface area contributed by atoms with Crippen molar-refractivity contribution in [3.63, 3.8) is 0 Å². The largest absolute Gasteiger partial charge is 0.268 e. The van der Waals surface area contributed by atoms with Crippen LogP contribution in [0, 0.1) is 0 Å². The first-order valence-corrected chi connectivity index (χ1v) is 6.46. The summed E-state index contributed by atoms with van der Waals surface area (Å²) in [5.41, 5.74) is 3.92. The second-order valence-electron chi connectivity index (χ2n) is 4.16. The number of hydrogen-bond donors (Lipinski definition) is 0. The second kappa shape index (κ2) is 4.06. The third-order valence-electron chi connectivity index (χ3n) is 3.11. The highest BCUT2D eigenvalue weighted by Gasteiger charge is 2.19. The molecule has 2 nitrogen and oxygen atoms in total. The van der Waals surface area contributed by atoms with E-state index in [4.69, 9.17) is 0 Å². The van der Waals surface area contributed by atoms with E-state index in [0.717, 1.165) is 17.6 Å². The molecule has 0 amide bonds. The molecular formula is C13H13BrN2. The molecule has 1 aliphatic heterocycles. The van der Waals surface area contributed by atoms with Crippen LogP contribution in [0.25, 0.3) is 11.1 Å². The maximum atomic E-state index is 4.56. The lowest BCUT2D eigenvalue weighted by Crippen LogP contribution is -2.11. The van der Waals surface area contributed by atoms with E-state index >= 15 is 0 Å². The molecule has 2 heterocycles. The van der Waals surface area contributed by atoms with Crippen LogP contribution in [0.15, 0.2) is 34.9 Å². The van der Waals surface area contributed by atoms with Crippen molar-refractivity contribution in [1.82, 2.24) is 9.78 Å². The molecule has 0 unspecified atom stereocenters. The Hall–Kier alpha value is -1.09. The van der Waals surface area contributed by atoms with Crippen LogP contribution >= 0.6 is 15.9 Å². The molecule has 16 heavy (non-hydrogen) atoms. The lowest BCUT2D eigenvalue weighted by Gasteiger charge is -2.14. The molecule has 0 atom stereocenters. The van der Waals surface area contributed by atoms with Gasteiger partial charge in [0, 0.05) is 17.8 Å². The van der Waals surface area contributed by atoms with Gasteiger partial charge in [-0.3, -0.25) is 4.68 Å². The van der Waals surface area contributed by atoms with Crippen molar-refractivity contribution in [3.05, 3.63) is 40.6 Å². The Bertz CT molecular complexity index is 502. The maximum Gasteiger partial charge on any atom is 0.136 e. The van der Waals surface area contributed by atoms with Crippen molar-refractivity contribution >= 4 is 15.9 Å². The molecular weight excluding hydrogens is 264 g/mol. The number of nitrogens with zero attached hydrogens (tertiary/aromatic N) is 2. The molecule has 3 rings (SSSR count). The van der Waals surface area contributed by atoms with Crippen molar-refractivity contribution in [2.75, 3.05) is 0 Å². The number of aromatic nitrogens is 2. The summed E-state index contributed by atoms with van der Waals surface area (Å²) in [6, 6.07) is 10.5. The highest BCUT2D eigenvalue weighted by Crippen LogP contribution is 2.33. The third kappa shape index (κ3) is 1.59. The van der Waals surface area contributed by atoms with Gasteiger partial charge in [-0.1, -0.05) is 30.3 Å². The van der Waals surface area contributed by atoms with Crippen LogP contribution in [0.3, 0.4) is 0 Å². The summed E-state index contributed by atoms with van der Waals surface area (Å²) in [5.74, 6) is 0. The summed E-state index contributed by atoms with van der Waals surface area (Å²) in [4.78, 5) is 0. The SMILES string of the molecule is Brc1nn2c(c1-c1ccccc1)CCCC2. The summed E-state index contributed by atoms with van der Waals surface area (Å²) in [7, 11) is 0. The van der Waals surface area contributed by atoms with Crippen LogP contribution in [0.1, 0.15) is 18.5 Å².